The van der Waals surface area contributed by atoms with E-state index in [0.29, 0.717) is 0 Å². The van der Waals surface area contributed by atoms with Gasteiger partial charge in [0.2, 0.25) is 0 Å². The van der Waals surface area contributed by atoms with Crippen molar-refractivity contribution >= 4 is 16.4 Å². The third-order valence-corrected chi connectivity index (χ3v) is 3.34. The van der Waals surface area contributed by atoms with Gasteiger partial charge in [0.25, 0.3) is 0 Å². The first kappa shape index (κ1) is 20.7. The Kier molecular flexibility index (Phi) is 10.5. The molecule has 1 atom stereocenters. The van der Waals surface area contributed by atoms with Gasteiger partial charge >= 0.3 is 0 Å². The molecule has 15 heavy (non-hydrogen) atoms. The Hall–Kier alpha value is 0.354. The van der Waals surface area contributed by atoms with Crippen LogP contribution in [0.3, 0.4) is 0 Å². The molecule has 0 saturated heterocycles. The number of hydrogen-bond acceptors (Lipinski definition) is 2. The van der Waals surface area contributed by atoms with Crippen molar-refractivity contribution in [2.45, 2.75) is 67.3 Å². The van der Waals surface area contributed by atoms with Gasteiger partial charge in [0.15, 0.2) is 8.32 Å². The zero-order valence-corrected chi connectivity index (χ0v) is 12.1. The molecule has 0 heterocycles. The minimum atomic E-state index is -1.43. The molecule has 0 radical (unpaired) electrons. The SMILES string of the molecule is C.C.CC(OC[Si](C)(C)C)O[Si](C)(C)C. The number of rotatable bonds is 5. The van der Waals surface area contributed by atoms with Gasteiger partial charge in [0.05, 0.1) is 8.07 Å². The van der Waals surface area contributed by atoms with Crippen molar-refractivity contribution in [3.8, 4) is 0 Å². The van der Waals surface area contributed by atoms with Gasteiger partial charge in [0.1, 0.15) is 6.29 Å². The van der Waals surface area contributed by atoms with Crippen LogP contribution >= 0.6 is 0 Å². The lowest BCUT2D eigenvalue weighted by molar-refractivity contribution is -0.0556. The molecule has 0 aliphatic carbocycles. The summed E-state index contributed by atoms with van der Waals surface area (Å²) >= 11 is 0. The molecule has 0 aliphatic heterocycles. The Morgan fingerprint density at radius 1 is 0.933 bits per heavy atom. The lowest BCUT2D eigenvalue weighted by Crippen LogP contribution is -2.36. The summed E-state index contributed by atoms with van der Waals surface area (Å²) in [5.74, 6) is 0. The highest BCUT2D eigenvalue weighted by Crippen LogP contribution is 2.10. The second-order valence-corrected chi connectivity index (χ2v) is 15.5. The Balaban J connectivity index is -0.000000720. The molecule has 0 fully saturated rings. The van der Waals surface area contributed by atoms with Crippen molar-refractivity contribution in [3.63, 3.8) is 0 Å². The van der Waals surface area contributed by atoms with Crippen molar-refractivity contribution in [2.75, 3.05) is 6.23 Å². The van der Waals surface area contributed by atoms with E-state index in [2.05, 4.69) is 39.3 Å². The minimum Gasteiger partial charge on any atom is -0.393 e. The molecule has 0 bridgehead atoms. The van der Waals surface area contributed by atoms with E-state index < -0.39 is 16.4 Å². The molecule has 0 rings (SSSR count). The molecule has 0 saturated carbocycles. The highest BCUT2D eigenvalue weighted by Gasteiger charge is 2.20. The first-order valence-corrected chi connectivity index (χ1v) is 12.0. The Labute approximate surface area is 99.5 Å². The van der Waals surface area contributed by atoms with E-state index >= 15 is 0 Å². The summed E-state index contributed by atoms with van der Waals surface area (Å²) in [5.41, 5.74) is 0. The van der Waals surface area contributed by atoms with E-state index in [9.17, 15) is 0 Å². The third kappa shape index (κ3) is 17.0. The second-order valence-electron chi connectivity index (χ2n) is 5.67. The van der Waals surface area contributed by atoms with Crippen molar-refractivity contribution in [3.05, 3.63) is 0 Å². The molecule has 2 nitrogen and oxygen atoms in total. The highest BCUT2D eigenvalue weighted by molar-refractivity contribution is 6.76. The summed E-state index contributed by atoms with van der Waals surface area (Å²) in [6.45, 7) is 15.4. The quantitative estimate of drug-likeness (QED) is 0.535. The van der Waals surface area contributed by atoms with E-state index in [1.54, 1.807) is 0 Å². The largest absolute Gasteiger partial charge is 0.393 e. The zero-order valence-electron chi connectivity index (χ0n) is 10.1. The lowest BCUT2D eigenvalue weighted by Gasteiger charge is -2.26. The van der Waals surface area contributed by atoms with Crippen LogP contribution in [0.5, 0.6) is 0 Å². The summed E-state index contributed by atoms with van der Waals surface area (Å²) < 4.78 is 11.4. The summed E-state index contributed by atoms with van der Waals surface area (Å²) in [4.78, 5) is 0. The molecule has 0 aromatic carbocycles. The molecular formula is C11H32O2Si2. The third-order valence-electron chi connectivity index (χ3n) is 1.27. The molecular weight excluding hydrogens is 220 g/mol. The average Bonchev–Trinajstić information content (AvgIpc) is 1.78. The summed E-state index contributed by atoms with van der Waals surface area (Å²) in [6.07, 6.45) is 0.858. The molecule has 0 amide bonds. The average molecular weight is 253 g/mol. The van der Waals surface area contributed by atoms with Gasteiger partial charge in [-0.25, -0.2) is 0 Å². The molecule has 0 aromatic rings. The summed E-state index contributed by atoms with van der Waals surface area (Å²) in [5, 5.41) is 0. The number of ether oxygens (including phenoxy) is 1. The number of hydrogen-bond donors (Lipinski definition) is 0. The van der Waals surface area contributed by atoms with E-state index in [0.717, 1.165) is 6.23 Å². The van der Waals surface area contributed by atoms with Crippen LogP contribution < -0.4 is 0 Å². The van der Waals surface area contributed by atoms with Gasteiger partial charge in [-0.2, -0.15) is 0 Å². The molecule has 96 valence electrons. The van der Waals surface area contributed by atoms with Crippen LogP contribution in [0, 0.1) is 0 Å². The molecule has 0 spiro atoms. The van der Waals surface area contributed by atoms with Crippen LogP contribution in [0.1, 0.15) is 21.8 Å². The lowest BCUT2D eigenvalue weighted by atomic mass is 10.8. The van der Waals surface area contributed by atoms with Gasteiger partial charge in [-0.1, -0.05) is 34.5 Å². The molecule has 1 unspecified atom stereocenters. The van der Waals surface area contributed by atoms with Gasteiger partial charge in [0, 0.05) is 6.23 Å². The fourth-order valence-corrected chi connectivity index (χ4v) is 2.70. The van der Waals surface area contributed by atoms with E-state index in [4.69, 9.17) is 9.16 Å². The van der Waals surface area contributed by atoms with Crippen LogP contribution in [0.4, 0.5) is 0 Å². The first-order chi connectivity index (χ1) is 5.60. The predicted octanol–water partition coefficient (Wildman–Crippen LogP) is 4.35. The van der Waals surface area contributed by atoms with Crippen LogP contribution in [0.25, 0.3) is 0 Å². The Bertz CT molecular complexity index is 148. The molecule has 4 heteroatoms. The summed E-state index contributed by atoms with van der Waals surface area (Å²) in [7, 11) is -2.51. The fraction of sp³-hybridized carbons (Fsp3) is 1.00. The Morgan fingerprint density at radius 3 is 1.60 bits per heavy atom. The van der Waals surface area contributed by atoms with E-state index in [1.807, 2.05) is 6.92 Å². The smallest absolute Gasteiger partial charge is 0.187 e. The maximum absolute atomic E-state index is 5.77. The van der Waals surface area contributed by atoms with Gasteiger partial charge in [-0.3, -0.25) is 0 Å². The highest BCUT2D eigenvalue weighted by atomic mass is 28.4. The normalized spacial score (nSPS) is 13.8. The first-order valence-electron chi connectivity index (χ1n) is 4.90. The minimum absolute atomic E-state index is 0. The van der Waals surface area contributed by atoms with Crippen LogP contribution in [-0.2, 0) is 9.16 Å². The van der Waals surface area contributed by atoms with Gasteiger partial charge in [-0.05, 0) is 26.6 Å². The summed E-state index contributed by atoms with van der Waals surface area (Å²) in [6, 6.07) is 0. The molecule has 0 aliphatic rings. The van der Waals surface area contributed by atoms with Crippen molar-refractivity contribution < 1.29 is 9.16 Å². The van der Waals surface area contributed by atoms with Crippen molar-refractivity contribution in [2.24, 2.45) is 0 Å². The zero-order chi connectivity index (χ0) is 10.7. The topological polar surface area (TPSA) is 18.5 Å². The van der Waals surface area contributed by atoms with Crippen molar-refractivity contribution in [1.82, 2.24) is 0 Å². The molecule has 0 aromatic heterocycles. The second kappa shape index (κ2) is 7.60. The molecule has 0 N–H and O–H groups in total. The van der Waals surface area contributed by atoms with Crippen molar-refractivity contribution in [1.29, 1.82) is 0 Å². The van der Waals surface area contributed by atoms with Gasteiger partial charge < -0.3 is 9.16 Å². The predicted molar refractivity (Wildman–Crippen MR) is 76.7 cm³/mol. The monoisotopic (exact) mass is 252 g/mol. The van der Waals surface area contributed by atoms with Crippen LogP contribution in [0.15, 0.2) is 0 Å². The fourth-order valence-electron chi connectivity index (χ4n) is 0.899. The van der Waals surface area contributed by atoms with Crippen LogP contribution in [-0.4, -0.2) is 28.9 Å². The Morgan fingerprint density at radius 2 is 1.33 bits per heavy atom. The van der Waals surface area contributed by atoms with E-state index in [-0.39, 0.29) is 21.1 Å². The van der Waals surface area contributed by atoms with Crippen LogP contribution in [0.2, 0.25) is 39.3 Å². The standard InChI is InChI=1S/C9H24O2Si2.2CH4/c1-9(11-13(5,6)7)10-8-12(2,3)4;;/h9H,8H2,1-7H3;2*1H4. The van der Waals surface area contributed by atoms with Gasteiger partial charge in [-0.15, -0.1) is 0 Å². The maximum atomic E-state index is 5.77. The van der Waals surface area contributed by atoms with E-state index in [1.165, 1.54) is 0 Å². The maximum Gasteiger partial charge on any atom is 0.187 e.